The molecule has 0 unspecified atom stereocenters. The first-order chi connectivity index (χ1) is 21.5. The van der Waals surface area contributed by atoms with Crippen molar-refractivity contribution in [2.45, 2.75) is 9.79 Å². The second-order valence-electron chi connectivity index (χ2n) is 8.92. The number of hydrogen-bond donors (Lipinski definition) is 2. The van der Waals surface area contributed by atoms with Crippen molar-refractivity contribution in [2.24, 2.45) is 15.2 Å². The zero-order chi connectivity index (χ0) is 33.6. The van der Waals surface area contributed by atoms with Gasteiger partial charge in [-0.2, -0.15) is 21.9 Å². The van der Waals surface area contributed by atoms with Crippen LogP contribution in [0.15, 0.2) is 85.7 Å². The Balaban J connectivity index is 0.00000278. The molecule has 0 radical (unpaired) electrons. The summed E-state index contributed by atoms with van der Waals surface area (Å²) in [6.07, 6.45) is 0. The zero-order valence-corrected chi connectivity index (χ0v) is 34.3. The Bertz CT molecular complexity index is 2360. The van der Waals surface area contributed by atoms with E-state index in [2.05, 4.69) is 30.3 Å². The van der Waals surface area contributed by atoms with Gasteiger partial charge in [0.05, 0.1) is 33.3 Å². The van der Waals surface area contributed by atoms with Crippen LogP contribution in [0.1, 0.15) is 16.1 Å². The van der Waals surface area contributed by atoms with Crippen molar-refractivity contribution >= 4 is 83.4 Å². The molecular formula is C25H12Cl2N7Na3O10S2. The molecule has 2 N–H and O–H groups in total. The van der Waals surface area contributed by atoms with Gasteiger partial charge in [0.1, 0.15) is 22.0 Å². The molecule has 0 amide bonds. The molecule has 0 saturated carbocycles. The van der Waals surface area contributed by atoms with Crippen LogP contribution in [0.2, 0.25) is 10.3 Å². The molecule has 5 aromatic rings. The number of aliphatic imine (C=N–C) groups is 1. The fourth-order valence-electron chi connectivity index (χ4n) is 3.86. The number of aromatic nitrogens is 4. The van der Waals surface area contributed by atoms with Gasteiger partial charge in [0, 0.05) is 5.88 Å². The summed E-state index contributed by atoms with van der Waals surface area (Å²) in [5.41, 5.74) is -2.39. The Labute approximate surface area is 352 Å². The second-order valence-corrected chi connectivity index (χ2v) is 12.5. The minimum Gasteiger partial charge on any atom is -0.858 e. The molecule has 24 heteroatoms. The normalized spacial score (nSPS) is 11.9. The van der Waals surface area contributed by atoms with Gasteiger partial charge in [-0.25, -0.2) is 14.6 Å². The van der Waals surface area contributed by atoms with Crippen LogP contribution in [0.5, 0.6) is 5.88 Å². The Morgan fingerprint density at radius 1 is 0.796 bits per heavy atom. The van der Waals surface area contributed by atoms with Crippen molar-refractivity contribution in [3.63, 3.8) is 0 Å². The van der Waals surface area contributed by atoms with Crippen LogP contribution in [-0.2, 0) is 20.2 Å². The second kappa shape index (κ2) is 17.0. The number of azo groups is 1. The van der Waals surface area contributed by atoms with Crippen molar-refractivity contribution in [2.75, 3.05) is 0 Å². The van der Waals surface area contributed by atoms with E-state index >= 15 is 0 Å². The molecule has 0 aliphatic carbocycles. The van der Waals surface area contributed by atoms with Crippen LogP contribution in [0, 0.1) is 0 Å². The Kier molecular flexibility index (Phi) is 14.9. The number of hydrogen-bond acceptors (Lipinski definition) is 14. The number of carboxylic acid groups (broad SMARTS) is 1. The maximum absolute atomic E-state index is 13.0. The van der Waals surface area contributed by atoms with E-state index in [4.69, 9.17) is 27.8 Å². The molecule has 49 heavy (non-hydrogen) atoms. The van der Waals surface area contributed by atoms with Crippen molar-refractivity contribution in [3.8, 4) is 11.6 Å². The quantitative estimate of drug-likeness (QED) is 0.0488. The van der Waals surface area contributed by atoms with E-state index in [1.807, 2.05) is 0 Å². The number of carboxylic acids is 1. The number of aromatic carboxylic acids is 1. The van der Waals surface area contributed by atoms with E-state index in [0.717, 1.165) is 42.5 Å². The van der Waals surface area contributed by atoms with Crippen LogP contribution < -0.4 is 104 Å². The summed E-state index contributed by atoms with van der Waals surface area (Å²) < 4.78 is 65.9. The number of fused-ring (bicyclic) bond motifs is 1. The molecule has 0 saturated heterocycles. The van der Waals surface area contributed by atoms with Gasteiger partial charge in [-0.3, -0.25) is 14.1 Å². The average molecular weight is 774 g/mol. The van der Waals surface area contributed by atoms with Gasteiger partial charge in [-0.15, -0.1) is 10.2 Å². The van der Waals surface area contributed by atoms with Gasteiger partial charge in [-0.1, -0.05) is 29.3 Å². The van der Waals surface area contributed by atoms with Gasteiger partial charge in [0.2, 0.25) is 0 Å². The molecule has 0 aliphatic rings. The third kappa shape index (κ3) is 9.84. The number of carbonyl (C=O) groups is 1. The summed E-state index contributed by atoms with van der Waals surface area (Å²) in [6, 6.07) is 10.8. The van der Waals surface area contributed by atoms with Crippen LogP contribution >= 0.6 is 23.2 Å². The molecule has 3 aromatic carbocycles. The van der Waals surface area contributed by atoms with Crippen LogP contribution in [0.3, 0.4) is 0 Å². The van der Waals surface area contributed by atoms with Gasteiger partial charge in [0.15, 0.2) is 10.3 Å². The SMILES string of the molecule is O=C([O-])c1nn(-c2ccc(S(=O)(=O)O)cc2)c([O-])c1N=Nc1cc(N=C([O-])c2ccc3nc(Cl)c(Cl)nc3c2)ccc1S(=O)(=O)O.[Na+].[Na+].[Na+]. The summed E-state index contributed by atoms with van der Waals surface area (Å²) in [6.45, 7) is 0. The number of nitrogens with zero attached hydrogens (tertiary/aromatic N) is 7. The Morgan fingerprint density at radius 2 is 1.41 bits per heavy atom. The summed E-state index contributed by atoms with van der Waals surface area (Å²) >= 11 is 11.7. The van der Waals surface area contributed by atoms with Gasteiger partial charge in [0.25, 0.3) is 20.2 Å². The van der Waals surface area contributed by atoms with Crippen LogP contribution in [0.4, 0.5) is 17.1 Å². The summed E-state index contributed by atoms with van der Waals surface area (Å²) in [4.78, 5) is 22.3. The third-order valence-corrected chi connectivity index (χ3v) is 8.32. The molecule has 17 nitrogen and oxygen atoms in total. The molecule has 0 fully saturated rings. The first-order valence-corrected chi connectivity index (χ1v) is 15.7. The molecule has 0 bridgehead atoms. The summed E-state index contributed by atoms with van der Waals surface area (Å²) in [5.74, 6) is -4.01. The maximum Gasteiger partial charge on any atom is 1.00 e. The predicted molar refractivity (Wildman–Crippen MR) is 153 cm³/mol. The molecule has 0 aliphatic heterocycles. The van der Waals surface area contributed by atoms with Crippen molar-refractivity contribution < 1.29 is 135 Å². The largest absolute Gasteiger partial charge is 1.00 e. The maximum atomic E-state index is 13.0. The van der Waals surface area contributed by atoms with Gasteiger partial charge >= 0.3 is 88.7 Å². The first kappa shape index (κ1) is 43.1. The predicted octanol–water partition coefficient (Wildman–Crippen LogP) is -7.08. The van der Waals surface area contributed by atoms with Crippen LogP contribution in [-0.4, -0.2) is 57.6 Å². The minimum absolute atomic E-state index is 0. The zero-order valence-electron chi connectivity index (χ0n) is 25.1. The van der Waals surface area contributed by atoms with E-state index in [1.54, 1.807) is 0 Å². The van der Waals surface area contributed by atoms with E-state index in [9.17, 15) is 41.5 Å². The van der Waals surface area contributed by atoms with E-state index in [-0.39, 0.29) is 121 Å². The smallest absolute Gasteiger partial charge is 0.858 e. The van der Waals surface area contributed by atoms with Crippen LogP contribution in [0.25, 0.3) is 16.7 Å². The molecule has 2 aromatic heterocycles. The summed E-state index contributed by atoms with van der Waals surface area (Å²) in [5, 5.41) is 48.2. The number of carbonyl (C=O) groups excluding carboxylic acids is 1. The Morgan fingerprint density at radius 3 is 1.98 bits per heavy atom. The fourth-order valence-corrected chi connectivity index (χ4v) is 5.21. The van der Waals surface area contributed by atoms with E-state index in [1.165, 1.54) is 18.2 Å². The average Bonchev–Trinajstić information content (AvgIpc) is 3.31. The van der Waals surface area contributed by atoms with E-state index < -0.39 is 64.8 Å². The van der Waals surface area contributed by atoms with Crippen molar-refractivity contribution in [3.05, 3.63) is 82.2 Å². The van der Waals surface area contributed by atoms with Crippen molar-refractivity contribution in [1.29, 1.82) is 0 Å². The first-order valence-electron chi connectivity index (χ1n) is 12.0. The molecule has 0 spiro atoms. The number of rotatable bonds is 8. The topological polar surface area (TPSA) is 276 Å². The minimum atomic E-state index is -4.97. The number of benzene rings is 3. The third-order valence-electron chi connectivity index (χ3n) is 5.93. The van der Waals surface area contributed by atoms with Gasteiger partial charge < -0.3 is 20.1 Å². The molecule has 2 heterocycles. The Hall–Kier alpha value is -2.05. The summed E-state index contributed by atoms with van der Waals surface area (Å²) in [7, 11) is -9.55. The molecule has 236 valence electrons. The fraction of sp³-hybridized carbons (Fsp3) is 0. The molecule has 5 rings (SSSR count). The van der Waals surface area contributed by atoms with Crippen molar-refractivity contribution in [1.82, 2.24) is 19.7 Å². The number of halogens is 2. The standard InChI is InChI=1S/C25H15Cl2N7O10S2.3Na/c26-21-22(27)30-16-9-11(1-7-15(16)29-21)23(35)28-12-2-8-18(46(42,43)44)17(10-12)31-32-19-20(25(37)38)33-34(24(19)36)13-3-5-14(6-4-13)45(39,40)41;;;/h1-10,36H,(H,28,35)(H,37,38)(H,39,40,41)(H,42,43,44);;;/q;3*+1/p-3. The monoisotopic (exact) mass is 773 g/mol. The molecular weight excluding hydrogens is 762 g/mol. The van der Waals surface area contributed by atoms with E-state index in [0.29, 0.717) is 10.2 Å². The molecule has 0 atom stereocenters. The van der Waals surface area contributed by atoms with Gasteiger partial charge in [-0.05, 0) is 66.1 Å².